The van der Waals surface area contributed by atoms with Gasteiger partial charge in [-0.15, -0.1) is 0 Å². The Bertz CT molecular complexity index is 1030. The van der Waals surface area contributed by atoms with Gasteiger partial charge < -0.3 is 10.1 Å². The fourth-order valence-corrected chi connectivity index (χ4v) is 2.73. The third kappa shape index (κ3) is 3.15. The van der Waals surface area contributed by atoms with Gasteiger partial charge in [-0.25, -0.2) is 14.2 Å². The molecule has 0 unspecified atom stereocenters. The second kappa shape index (κ2) is 6.59. The Labute approximate surface area is 148 Å². The maximum absolute atomic E-state index is 14.2. The van der Waals surface area contributed by atoms with Crippen molar-refractivity contribution in [3.63, 3.8) is 0 Å². The fourth-order valence-electron chi connectivity index (χ4n) is 2.73. The molecule has 7 heteroatoms. The van der Waals surface area contributed by atoms with Gasteiger partial charge in [-0.1, -0.05) is 24.3 Å². The number of aromatic nitrogens is 2. The maximum Gasteiger partial charge on any atom is 0.407 e. The smallest absolute Gasteiger partial charge is 0.407 e. The van der Waals surface area contributed by atoms with Gasteiger partial charge in [0.25, 0.3) is 5.56 Å². The predicted molar refractivity (Wildman–Crippen MR) is 93.6 cm³/mol. The van der Waals surface area contributed by atoms with Gasteiger partial charge in [-0.05, 0) is 37.1 Å². The molecule has 0 radical (unpaired) electrons. The monoisotopic (exact) mass is 353 g/mol. The Morgan fingerprint density at radius 3 is 2.69 bits per heavy atom. The van der Waals surface area contributed by atoms with Crippen molar-refractivity contribution < 1.29 is 13.9 Å². The van der Waals surface area contributed by atoms with E-state index in [9.17, 15) is 14.0 Å². The molecule has 1 saturated carbocycles. The largest absolute Gasteiger partial charge is 0.446 e. The minimum Gasteiger partial charge on any atom is -0.446 e. The van der Waals surface area contributed by atoms with Crippen molar-refractivity contribution in [1.29, 1.82) is 0 Å². The van der Waals surface area contributed by atoms with E-state index in [4.69, 9.17) is 4.74 Å². The summed E-state index contributed by atoms with van der Waals surface area (Å²) < 4.78 is 20.6. The summed E-state index contributed by atoms with van der Waals surface area (Å²) in [7, 11) is 0. The van der Waals surface area contributed by atoms with Crippen LogP contribution in [0.5, 0.6) is 0 Å². The molecule has 0 bridgehead atoms. The maximum atomic E-state index is 14.2. The number of nitrogens with one attached hydrogen (secondary N) is 1. The molecule has 26 heavy (non-hydrogen) atoms. The number of amides is 1. The minimum atomic E-state index is -0.627. The summed E-state index contributed by atoms with van der Waals surface area (Å²) in [5.41, 5.74) is 0.267. The standard InChI is InChI=1S/C19H16FN3O3/c20-14-7-4-8-15-17(14)18(24)23(12-5-2-1-3-6-12)16(22-15)11-21-19(25)26-13-9-10-13/h1-8,13H,9-11H2,(H,21,25). The number of carbonyl (C=O) groups excluding carboxylic acids is 1. The topological polar surface area (TPSA) is 73.2 Å². The van der Waals surface area contributed by atoms with Crippen molar-refractivity contribution in [2.75, 3.05) is 0 Å². The van der Waals surface area contributed by atoms with Crippen LogP contribution in [0.1, 0.15) is 18.7 Å². The van der Waals surface area contributed by atoms with E-state index < -0.39 is 17.5 Å². The summed E-state index contributed by atoms with van der Waals surface area (Å²) in [4.78, 5) is 29.1. The molecule has 1 aromatic heterocycles. The van der Waals surface area contributed by atoms with Crippen molar-refractivity contribution in [3.05, 3.63) is 70.5 Å². The molecule has 0 saturated heterocycles. The normalized spacial score (nSPS) is 13.6. The lowest BCUT2D eigenvalue weighted by molar-refractivity contribution is 0.138. The zero-order valence-corrected chi connectivity index (χ0v) is 13.8. The summed E-state index contributed by atoms with van der Waals surface area (Å²) in [6.07, 6.45) is 1.16. The predicted octanol–water partition coefficient (Wildman–Crippen LogP) is 2.91. The van der Waals surface area contributed by atoms with Gasteiger partial charge in [0.15, 0.2) is 0 Å². The summed E-state index contributed by atoms with van der Waals surface area (Å²) in [6, 6.07) is 13.1. The lowest BCUT2D eigenvalue weighted by Crippen LogP contribution is -2.31. The number of hydrogen-bond donors (Lipinski definition) is 1. The van der Waals surface area contributed by atoms with Gasteiger partial charge in [0, 0.05) is 0 Å². The third-order valence-corrected chi connectivity index (χ3v) is 4.12. The highest BCUT2D eigenvalue weighted by Gasteiger charge is 2.26. The number of benzene rings is 2. The third-order valence-electron chi connectivity index (χ3n) is 4.12. The van der Waals surface area contributed by atoms with Crippen LogP contribution < -0.4 is 10.9 Å². The van der Waals surface area contributed by atoms with Gasteiger partial charge >= 0.3 is 6.09 Å². The fraction of sp³-hybridized carbons (Fsp3) is 0.211. The van der Waals surface area contributed by atoms with E-state index in [0.717, 1.165) is 12.8 Å². The van der Waals surface area contributed by atoms with Crippen molar-refractivity contribution in [1.82, 2.24) is 14.9 Å². The molecule has 0 spiro atoms. The van der Waals surface area contributed by atoms with Gasteiger partial charge in [-0.3, -0.25) is 9.36 Å². The first-order valence-corrected chi connectivity index (χ1v) is 8.33. The Morgan fingerprint density at radius 1 is 1.19 bits per heavy atom. The Balaban J connectivity index is 1.79. The minimum absolute atomic E-state index is 0.0118. The second-order valence-electron chi connectivity index (χ2n) is 6.10. The van der Waals surface area contributed by atoms with Crippen molar-refractivity contribution >= 4 is 17.0 Å². The van der Waals surface area contributed by atoms with Crippen molar-refractivity contribution in [2.24, 2.45) is 0 Å². The van der Waals surface area contributed by atoms with Crippen LogP contribution in [0, 0.1) is 5.82 Å². The van der Waals surface area contributed by atoms with Crippen LogP contribution in [-0.4, -0.2) is 21.7 Å². The molecule has 6 nitrogen and oxygen atoms in total. The molecule has 1 heterocycles. The van der Waals surface area contributed by atoms with E-state index in [2.05, 4.69) is 10.3 Å². The molecule has 1 aliphatic rings. The van der Waals surface area contributed by atoms with E-state index in [0.29, 0.717) is 11.5 Å². The van der Waals surface area contributed by atoms with E-state index in [1.807, 2.05) is 6.07 Å². The molecule has 1 N–H and O–H groups in total. The SMILES string of the molecule is O=C(NCc1nc2cccc(F)c2c(=O)n1-c1ccccc1)OC1CC1. The van der Waals surface area contributed by atoms with Gasteiger partial charge in [-0.2, -0.15) is 0 Å². The van der Waals surface area contributed by atoms with Crippen LogP contribution in [0.3, 0.4) is 0 Å². The molecule has 3 aromatic rings. The van der Waals surface area contributed by atoms with Crippen LogP contribution >= 0.6 is 0 Å². The zero-order chi connectivity index (χ0) is 18.1. The quantitative estimate of drug-likeness (QED) is 0.783. The number of ether oxygens (including phenoxy) is 1. The zero-order valence-electron chi connectivity index (χ0n) is 13.8. The van der Waals surface area contributed by atoms with E-state index in [1.54, 1.807) is 30.3 Å². The van der Waals surface area contributed by atoms with E-state index >= 15 is 0 Å². The number of hydrogen-bond acceptors (Lipinski definition) is 4. The van der Waals surface area contributed by atoms with Crippen LogP contribution in [-0.2, 0) is 11.3 Å². The molecular formula is C19H16FN3O3. The van der Waals surface area contributed by atoms with Crippen LogP contribution in [0.4, 0.5) is 9.18 Å². The first-order chi connectivity index (χ1) is 12.6. The molecule has 1 amide bonds. The molecule has 4 rings (SSSR count). The summed E-state index contributed by atoms with van der Waals surface area (Å²) in [5.74, 6) is -0.329. The number of fused-ring (bicyclic) bond motifs is 1. The van der Waals surface area contributed by atoms with E-state index in [1.165, 1.54) is 16.7 Å². The van der Waals surface area contributed by atoms with Gasteiger partial charge in [0.2, 0.25) is 0 Å². The first-order valence-electron chi connectivity index (χ1n) is 8.33. The summed E-state index contributed by atoms with van der Waals surface area (Å²) in [5, 5.41) is 2.53. The number of rotatable bonds is 4. The highest BCUT2D eigenvalue weighted by molar-refractivity contribution is 5.78. The number of nitrogens with zero attached hydrogens (tertiary/aromatic N) is 2. The average Bonchev–Trinajstić information content (AvgIpc) is 3.44. The average molecular weight is 353 g/mol. The number of para-hydroxylation sites is 1. The Morgan fingerprint density at radius 2 is 1.96 bits per heavy atom. The molecule has 1 fully saturated rings. The molecule has 132 valence electrons. The number of halogens is 1. The van der Waals surface area contributed by atoms with Crippen LogP contribution in [0.2, 0.25) is 0 Å². The molecule has 2 aromatic carbocycles. The number of alkyl carbamates (subject to hydrolysis) is 1. The molecule has 1 aliphatic carbocycles. The lowest BCUT2D eigenvalue weighted by atomic mass is 10.2. The van der Waals surface area contributed by atoms with Crippen LogP contribution in [0.15, 0.2) is 53.3 Å². The first kappa shape index (κ1) is 16.3. The molecule has 0 atom stereocenters. The van der Waals surface area contributed by atoms with Crippen molar-refractivity contribution in [2.45, 2.75) is 25.5 Å². The molecule has 0 aliphatic heterocycles. The lowest BCUT2D eigenvalue weighted by Gasteiger charge is -2.14. The highest BCUT2D eigenvalue weighted by atomic mass is 19.1. The molecular weight excluding hydrogens is 337 g/mol. The Kier molecular flexibility index (Phi) is 4.12. The second-order valence-corrected chi connectivity index (χ2v) is 6.10. The van der Waals surface area contributed by atoms with Gasteiger partial charge in [0.05, 0.1) is 17.7 Å². The van der Waals surface area contributed by atoms with Crippen LogP contribution in [0.25, 0.3) is 16.6 Å². The summed E-state index contributed by atoms with van der Waals surface area (Å²) >= 11 is 0. The van der Waals surface area contributed by atoms with E-state index in [-0.39, 0.29) is 23.6 Å². The number of carbonyl (C=O) groups is 1. The Hall–Kier alpha value is -3.22. The highest BCUT2D eigenvalue weighted by Crippen LogP contribution is 2.23. The summed E-state index contributed by atoms with van der Waals surface area (Å²) in [6.45, 7) is -0.0118. The van der Waals surface area contributed by atoms with Gasteiger partial charge in [0.1, 0.15) is 23.1 Å². The van der Waals surface area contributed by atoms with Crippen molar-refractivity contribution in [3.8, 4) is 5.69 Å².